The Kier molecular flexibility index (Phi) is 4.37. The summed E-state index contributed by atoms with van der Waals surface area (Å²) in [7, 11) is 0. The average molecular weight is 277 g/mol. The fraction of sp³-hybridized carbons (Fsp3) is 0.562. The van der Waals surface area contributed by atoms with E-state index < -0.39 is 0 Å². The third kappa shape index (κ3) is 2.87. The summed E-state index contributed by atoms with van der Waals surface area (Å²) in [6.45, 7) is 6.72. The summed E-state index contributed by atoms with van der Waals surface area (Å²) in [6, 6.07) is 7.72. The van der Waals surface area contributed by atoms with Crippen LogP contribution in [0.15, 0.2) is 18.2 Å². The zero-order valence-electron chi connectivity index (χ0n) is 11.7. The first-order chi connectivity index (χ1) is 9.14. The first kappa shape index (κ1) is 14.2. The zero-order valence-corrected chi connectivity index (χ0v) is 12.5. The van der Waals surface area contributed by atoms with Gasteiger partial charge in [0.25, 0.3) is 0 Å². The maximum atomic E-state index is 8.87. The zero-order chi connectivity index (χ0) is 13.9. The van der Waals surface area contributed by atoms with E-state index >= 15 is 0 Å². The van der Waals surface area contributed by atoms with Gasteiger partial charge in [0.05, 0.1) is 22.3 Å². The van der Waals surface area contributed by atoms with Crippen LogP contribution in [0.2, 0.25) is 5.02 Å². The smallest absolute Gasteiger partial charge is 0.0992 e. The quantitative estimate of drug-likeness (QED) is 0.805. The van der Waals surface area contributed by atoms with Gasteiger partial charge in [0.2, 0.25) is 0 Å². The van der Waals surface area contributed by atoms with E-state index in [4.69, 9.17) is 16.9 Å². The number of piperidine rings is 1. The molecule has 0 atom stereocenters. The summed E-state index contributed by atoms with van der Waals surface area (Å²) in [4.78, 5) is 2.35. The van der Waals surface area contributed by atoms with Crippen LogP contribution in [0.5, 0.6) is 0 Å². The van der Waals surface area contributed by atoms with Gasteiger partial charge in [-0.05, 0) is 36.5 Å². The van der Waals surface area contributed by atoms with Crippen LogP contribution in [0, 0.1) is 16.7 Å². The lowest BCUT2D eigenvalue weighted by Gasteiger charge is -2.42. The molecule has 0 N–H and O–H groups in total. The van der Waals surface area contributed by atoms with Gasteiger partial charge in [0.15, 0.2) is 0 Å². The van der Waals surface area contributed by atoms with Gasteiger partial charge in [0, 0.05) is 13.1 Å². The minimum atomic E-state index is 0.523. The van der Waals surface area contributed by atoms with E-state index in [0.717, 1.165) is 18.8 Å². The molecular formula is C16H21ClN2. The van der Waals surface area contributed by atoms with Gasteiger partial charge in [0.1, 0.15) is 0 Å². The second-order valence-corrected chi connectivity index (χ2v) is 5.88. The average Bonchev–Trinajstić information content (AvgIpc) is 2.47. The minimum Gasteiger partial charge on any atom is -0.370 e. The molecular weight excluding hydrogens is 256 g/mol. The van der Waals surface area contributed by atoms with Crippen LogP contribution in [0.1, 0.15) is 45.1 Å². The molecule has 1 heterocycles. The van der Waals surface area contributed by atoms with E-state index in [0.29, 0.717) is 16.0 Å². The molecule has 1 aliphatic heterocycles. The Morgan fingerprint density at radius 2 is 1.89 bits per heavy atom. The lowest BCUT2D eigenvalue weighted by Crippen LogP contribution is -2.39. The molecule has 0 aliphatic carbocycles. The van der Waals surface area contributed by atoms with Crippen molar-refractivity contribution >= 4 is 17.3 Å². The standard InChI is InChI=1S/C16H21ClN2/c1-3-16(4-2)7-9-19(10-8-16)15-6-5-13(12-18)11-14(15)17/h5-6,11H,3-4,7-10H2,1-2H3. The second kappa shape index (κ2) is 5.84. The summed E-state index contributed by atoms with van der Waals surface area (Å²) in [5.74, 6) is 0. The molecule has 0 amide bonds. The Morgan fingerprint density at radius 3 is 2.37 bits per heavy atom. The van der Waals surface area contributed by atoms with Gasteiger partial charge in [-0.1, -0.05) is 38.3 Å². The highest BCUT2D eigenvalue weighted by molar-refractivity contribution is 6.33. The molecule has 1 saturated heterocycles. The van der Waals surface area contributed by atoms with E-state index in [1.54, 1.807) is 6.07 Å². The van der Waals surface area contributed by atoms with E-state index in [1.165, 1.54) is 25.7 Å². The third-order valence-electron chi connectivity index (χ3n) is 4.74. The van der Waals surface area contributed by atoms with E-state index in [2.05, 4.69) is 24.8 Å². The molecule has 3 heteroatoms. The number of rotatable bonds is 3. The third-order valence-corrected chi connectivity index (χ3v) is 5.04. The normalized spacial score (nSPS) is 18.1. The van der Waals surface area contributed by atoms with Crippen molar-refractivity contribution in [3.63, 3.8) is 0 Å². The Balaban J connectivity index is 2.12. The van der Waals surface area contributed by atoms with Crippen LogP contribution < -0.4 is 4.90 Å². The molecule has 1 aromatic carbocycles. The molecule has 1 aromatic rings. The summed E-state index contributed by atoms with van der Waals surface area (Å²) in [5, 5.41) is 9.57. The Hall–Kier alpha value is -1.20. The minimum absolute atomic E-state index is 0.523. The van der Waals surface area contributed by atoms with Gasteiger partial charge in [-0.25, -0.2) is 0 Å². The van der Waals surface area contributed by atoms with Crippen molar-refractivity contribution in [1.29, 1.82) is 5.26 Å². The predicted octanol–water partition coefficient (Wildman–Crippen LogP) is 4.62. The van der Waals surface area contributed by atoms with Crippen LogP contribution >= 0.6 is 11.6 Å². The predicted molar refractivity (Wildman–Crippen MR) is 80.6 cm³/mol. The number of nitriles is 1. The van der Waals surface area contributed by atoms with Crippen molar-refractivity contribution in [3.8, 4) is 6.07 Å². The van der Waals surface area contributed by atoms with Crippen molar-refractivity contribution < 1.29 is 0 Å². The lowest BCUT2D eigenvalue weighted by atomic mass is 9.74. The van der Waals surface area contributed by atoms with Crippen molar-refractivity contribution in [2.75, 3.05) is 18.0 Å². The molecule has 2 nitrogen and oxygen atoms in total. The molecule has 102 valence electrons. The van der Waals surface area contributed by atoms with Gasteiger partial charge in [-0.2, -0.15) is 5.26 Å². The van der Waals surface area contributed by atoms with Crippen LogP contribution in [-0.2, 0) is 0 Å². The largest absolute Gasteiger partial charge is 0.370 e. The number of halogens is 1. The molecule has 0 unspecified atom stereocenters. The van der Waals surface area contributed by atoms with Crippen molar-refractivity contribution in [2.24, 2.45) is 5.41 Å². The first-order valence-electron chi connectivity index (χ1n) is 7.09. The summed E-state index contributed by atoms with van der Waals surface area (Å²) < 4.78 is 0. The monoisotopic (exact) mass is 276 g/mol. The van der Waals surface area contributed by atoms with Gasteiger partial charge in [-0.3, -0.25) is 0 Å². The van der Waals surface area contributed by atoms with Crippen LogP contribution in [0.3, 0.4) is 0 Å². The number of hydrogen-bond acceptors (Lipinski definition) is 2. The maximum Gasteiger partial charge on any atom is 0.0992 e. The Bertz CT molecular complexity index is 476. The van der Waals surface area contributed by atoms with E-state index in [9.17, 15) is 0 Å². The molecule has 0 aromatic heterocycles. The molecule has 2 rings (SSSR count). The highest BCUT2D eigenvalue weighted by Gasteiger charge is 2.31. The lowest BCUT2D eigenvalue weighted by molar-refractivity contribution is 0.199. The summed E-state index contributed by atoms with van der Waals surface area (Å²) in [5.41, 5.74) is 2.22. The van der Waals surface area contributed by atoms with Crippen LogP contribution in [0.4, 0.5) is 5.69 Å². The molecule has 0 radical (unpaired) electrons. The van der Waals surface area contributed by atoms with Gasteiger partial charge in [-0.15, -0.1) is 0 Å². The highest BCUT2D eigenvalue weighted by Crippen LogP contribution is 2.40. The van der Waals surface area contributed by atoms with E-state index in [1.807, 2.05) is 12.1 Å². The van der Waals surface area contributed by atoms with Crippen molar-refractivity contribution in [2.45, 2.75) is 39.5 Å². The fourth-order valence-electron chi connectivity index (χ4n) is 3.01. The van der Waals surface area contributed by atoms with Crippen LogP contribution in [-0.4, -0.2) is 13.1 Å². The van der Waals surface area contributed by atoms with Crippen molar-refractivity contribution in [1.82, 2.24) is 0 Å². The fourth-order valence-corrected chi connectivity index (χ4v) is 3.31. The summed E-state index contributed by atoms with van der Waals surface area (Å²) >= 11 is 6.29. The SMILES string of the molecule is CCC1(CC)CCN(c2ccc(C#N)cc2Cl)CC1. The maximum absolute atomic E-state index is 8.87. The Morgan fingerprint density at radius 1 is 1.26 bits per heavy atom. The molecule has 1 aliphatic rings. The van der Waals surface area contributed by atoms with Gasteiger partial charge >= 0.3 is 0 Å². The second-order valence-electron chi connectivity index (χ2n) is 5.47. The topological polar surface area (TPSA) is 27.0 Å². The Labute approximate surface area is 121 Å². The number of benzene rings is 1. The molecule has 1 fully saturated rings. The number of hydrogen-bond donors (Lipinski definition) is 0. The van der Waals surface area contributed by atoms with E-state index in [-0.39, 0.29) is 0 Å². The summed E-state index contributed by atoms with van der Waals surface area (Å²) in [6.07, 6.45) is 4.99. The number of anilines is 1. The number of nitrogens with zero attached hydrogens (tertiary/aromatic N) is 2. The van der Waals surface area contributed by atoms with Crippen LogP contribution in [0.25, 0.3) is 0 Å². The molecule has 0 saturated carbocycles. The molecule has 0 spiro atoms. The first-order valence-corrected chi connectivity index (χ1v) is 7.46. The van der Waals surface area contributed by atoms with Gasteiger partial charge < -0.3 is 4.90 Å². The molecule has 19 heavy (non-hydrogen) atoms. The van der Waals surface area contributed by atoms with Crippen molar-refractivity contribution in [3.05, 3.63) is 28.8 Å². The highest BCUT2D eigenvalue weighted by atomic mass is 35.5. The molecule has 0 bridgehead atoms.